The quantitative estimate of drug-likeness (QED) is 0.710. The van der Waals surface area contributed by atoms with Gasteiger partial charge in [-0.1, -0.05) is 54.1 Å². The highest BCUT2D eigenvalue weighted by molar-refractivity contribution is 7.16. The minimum absolute atomic E-state index is 0.302. The third kappa shape index (κ3) is 2.73. The highest BCUT2D eigenvalue weighted by Crippen LogP contribution is 2.30. The molecule has 3 aromatic rings. The van der Waals surface area contributed by atoms with Crippen LogP contribution in [0.3, 0.4) is 0 Å². The predicted octanol–water partition coefficient (Wildman–Crippen LogP) is 5.06. The van der Waals surface area contributed by atoms with Gasteiger partial charge < -0.3 is 5.32 Å². The normalized spacial score (nSPS) is 12.7. The van der Waals surface area contributed by atoms with Crippen LogP contribution in [0.1, 0.15) is 16.5 Å². The first-order valence-corrected chi connectivity index (χ1v) is 7.86. The van der Waals surface area contributed by atoms with Crippen LogP contribution in [0.5, 0.6) is 0 Å². The van der Waals surface area contributed by atoms with Gasteiger partial charge in [0, 0.05) is 17.3 Å². The van der Waals surface area contributed by atoms with Gasteiger partial charge in [-0.2, -0.15) is 0 Å². The maximum Gasteiger partial charge on any atom is 0.0931 e. The van der Waals surface area contributed by atoms with Gasteiger partial charge in [-0.05, 0) is 35.5 Å². The van der Waals surface area contributed by atoms with Gasteiger partial charge in [0.25, 0.3) is 0 Å². The molecule has 1 N–H and O–H groups in total. The van der Waals surface area contributed by atoms with Gasteiger partial charge in [0.05, 0.1) is 4.34 Å². The van der Waals surface area contributed by atoms with Crippen LogP contribution in [-0.2, 0) is 6.42 Å². The summed E-state index contributed by atoms with van der Waals surface area (Å²) in [6.45, 7) is 0. The molecule has 3 heteroatoms. The second-order valence-electron chi connectivity index (χ2n) is 4.82. The van der Waals surface area contributed by atoms with E-state index in [1.54, 1.807) is 11.3 Å². The number of hydrogen-bond acceptors (Lipinski definition) is 2. The largest absolute Gasteiger partial charge is 0.313 e. The van der Waals surface area contributed by atoms with Crippen molar-refractivity contribution in [2.45, 2.75) is 12.5 Å². The Kier molecular flexibility index (Phi) is 4.06. The van der Waals surface area contributed by atoms with E-state index in [9.17, 15) is 0 Å². The topological polar surface area (TPSA) is 12.0 Å². The molecule has 0 saturated heterocycles. The van der Waals surface area contributed by atoms with Crippen molar-refractivity contribution in [3.8, 4) is 0 Å². The van der Waals surface area contributed by atoms with Gasteiger partial charge in [-0.15, -0.1) is 11.3 Å². The molecule has 102 valence electrons. The zero-order valence-corrected chi connectivity index (χ0v) is 12.8. The highest BCUT2D eigenvalue weighted by atomic mass is 35.5. The first-order chi connectivity index (χ1) is 9.78. The van der Waals surface area contributed by atoms with Crippen molar-refractivity contribution < 1.29 is 0 Å². The van der Waals surface area contributed by atoms with E-state index in [0.717, 1.165) is 10.8 Å². The Hall–Kier alpha value is -1.35. The van der Waals surface area contributed by atoms with E-state index in [1.807, 2.05) is 13.1 Å². The maximum absolute atomic E-state index is 6.03. The molecule has 1 nitrogen and oxygen atoms in total. The van der Waals surface area contributed by atoms with E-state index in [-0.39, 0.29) is 0 Å². The minimum atomic E-state index is 0.302. The minimum Gasteiger partial charge on any atom is -0.313 e. The third-order valence-electron chi connectivity index (χ3n) is 3.58. The zero-order valence-electron chi connectivity index (χ0n) is 11.3. The van der Waals surface area contributed by atoms with Crippen LogP contribution in [0.4, 0.5) is 0 Å². The molecule has 0 saturated carbocycles. The number of nitrogens with one attached hydrogen (secondary N) is 1. The maximum atomic E-state index is 6.03. The molecule has 3 rings (SSSR count). The lowest BCUT2D eigenvalue weighted by atomic mass is 9.96. The van der Waals surface area contributed by atoms with Gasteiger partial charge in [0.1, 0.15) is 0 Å². The Balaban J connectivity index is 1.98. The monoisotopic (exact) mass is 301 g/mol. The Labute approximate surface area is 128 Å². The predicted molar refractivity (Wildman–Crippen MR) is 88.8 cm³/mol. The number of hydrogen-bond donors (Lipinski definition) is 1. The summed E-state index contributed by atoms with van der Waals surface area (Å²) >= 11 is 7.68. The van der Waals surface area contributed by atoms with Gasteiger partial charge in [0.2, 0.25) is 0 Å². The molecule has 1 aromatic heterocycles. The van der Waals surface area contributed by atoms with Gasteiger partial charge >= 0.3 is 0 Å². The van der Waals surface area contributed by atoms with Gasteiger partial charge in [-0.25, -0.2) is 0 Å². The number of rotatable bonds is 4. The zero-order chi connectivity index (χ0) is 13.9. The summed E-state index contributed by atoms with van der Waals surface area (Å²) in [5, 5.41) is 6.04. The highest BCUT2D eigenvalue weighted by Gasteiger charge is 2.14. The lowest BCUT2D eigenvalue weighted by Crippen LogP contribution is -2.18. The fraction of sp³-hybridized carbons (Fsp3) is 0.176. The second kappa shape index (κ2) is 5.96. The van der Waals surface area contributed by atoms with Crippen LogP contribution in [0.2, 0.25) is 4.34 Å². The van der Waals surface area contributed by atoms with Crippen molar-refractivity contribution in [1.82, 2.24) is 5.32 Å². The Morgan fingerprint density at radius 3 is 2.60 bits per heavy atom. The standard InChI is InChI=1S/C17H16ClNS/c1-19-16(11-13-9-10-17(18)20-13)15-8-4-6-12-5-2-3-7-14(12)15/h2-10,16,19H,11H2,1H3. The van der Waals surface area contributed by atoms with Crippen molar-refractivity contribution in [3.63, 3.8) is 0 Å². The molecule has 20 heavy (non-hydrogen) atoms. The van der Waals surface area contributed by atoms with Crippen LogP contribution in [0.25, 0.3) is 10.8 Å². The Morgan fingerprint density at radius 1 is 1.05 bits per heavy atom. The van der Waals surface area contributed by atoms with E-state index in [4.69, 9.17) is 11.6 Å². The average Bonchev–Trinajstić information content (AvgIpc) is 2.89. The van der Waals surface area contributed by atoms with Crippen LogP contribution in [0, 0.1) is 0 Å². The number of fused-ring (bicyclic) bond motifs is 1. The lowest BCUT2D eigenvalue weighted by molar-refractivity contribution is 0.601. The molecule has 1 atom stereocenters. The van der Waals surface area contributed by atoms with Crippen molar-refractivity contribution in [2.24, 2.45) is 0 Å². The SMILES string of the molecule is CNC(Cc1ccc(Cl)s1)c1cccc2ccccc12. The first-order valence-electron chi connectivity index (χ1n) is 6.67. The lowest BCUT2D eigenvalue weighted by Gasteiger charge is -2.18. The van der Waals surface area contributed by atoms with Crippen LogP contribution in [-0.4, -0.2) is 7.05 Å². The molecule has 2 aromatic carbocycles. The second-order valence-corrected chi connectivity index (χ2v) is 6.62. The average molecular weight is 302 g/mol. The number of benzene rings is 2. The summed E-state index contributed by atoms with van der Waals surface area (Å²) in [7, 11) is 2.02. The number of likely N-dealkylation sites (N-methyl/N-ethyl adjacent to an activating group) is 1. The molecule has 0 aliphatic carbocycles. The molecule has 0 fully saturated rings. The molecule has 0 radical (unpaired) electrons. The molecule has 0 bridgehead atoms. The molecular formula is C17H16ClNS. The van der Waals surface area contributed by atoms with E-state index in [1.165, 1.54) is 21.2 Å². The molecule has 1 unspecified atom stereocenters. The summed E-state index contributed by atoms with van der Waals surface area (Å²) in [5.74, 6) is 0. The first kappa shape index (κ1) is 13.6. The number of halogens is 1. The molecule has 0 aliphatic rings. The van der Waals surface area contributed by atoms with Crippen molar-refractivity contribution >= 4 is 33.7 Å². The van der Waals surface area contributed by atoms with Crippen LogP contribution < -0.4 is 5.32 Å². The van der Waals surface area contributed by atoms with Gasteiger partial charge in [-0.3, -0.25) is 0 Å². The molecule has 1 heterocycles. The van der Waals surface area contributed by atoms with Crippen molar-refractivity contribution in [3.05, 3.63) is 69.4 Å². The summed E-state index contributed by atoms with van der Waals surface area (Å²) in [6, 6.07) is 19.4. The Morgan fingerprint density at radius 2 is 1.85 bits per heavy atom. The van der Waals surface area contributed by atoms with E-state index in [2.05, 4.69) is 53.8 Å². The fourth-order valence-corrected chi connectivity index (χ4v) is 3.72. The molecule has 0 aliphatic heterocycles. The van der Waals surface area contributed by atoms with Crippen molar-refractivity contribution in [1.29, 1.82) is 0 Å². The smallest absolute Gasteiger partial charge is 0.0931 e. The van der Waals surface area contributed by atoms with E-state index < -0.39 is 0 Å². The summed E-state index contributed by atoms with van der Waals surface area (Å²) < 4.78 is 0.854. The molecule has 0 spiro atoms. The van der Waals surface area contributed by atoms with Crippen molar-refractivity contribution in [2.75, 3.05) is 7.05 Å². The molecule has 0 amide bonds. The van der Waals surface area contributed by atoms with E-state index in [0.29, 0.717) is 6.04 Å². The summed E-state index contributed by atoms with van der Waals surface area (Å²) in [5.41, 5.74) is 1.34. The summed E-state index contributed by atoms with van der Waals surface area (Å²) in [6.07, 6.45) is 0.960. The molecular weight excluding hydrogens is 286 g/mol. The fourth-order valence-electron chi connectivity index (χ4n) is 2.58. The van der Waals surface area contributed by atoms with Crippen LogP contribution >= 0.6 is 22.9 Å². The van der Waals surface area contributed by atoms with E-state index >= 15 is 0 Å². The van der Waals surface area contributed by atoms with Crippen LogP contribution in [0.15, 0.2) is 54.6 Å². The van der Waals surface area contributed by atoms with Gasteiger partial charge in [0.15, 0.2) is 0 Å². The number of thiophene rings is 1. The summed E-state index contributed by atoms with van der Waals surface area (Å²) in [4.78, 5) is 1.31. The third-order valence-corrected chi connectivity index (χ3v) is 4.83. The Bertz CT molecular complexity index is 714.